The van der Waals surface area contributed by atoms with Gasteiger partial charge in [0.25, 0.3) is 11.9 Å². The molecule has 0 spiro atoms. The number of Topliss-reactive ketones (excluding diaryl/α,β-unsaturated/α-hetero) is 1. The fourth-order valence-electron chi connectivity index (χ4n) is 10.5. The molecular weight excluding hydrogens is 1790 g/mol. The number of aryl methyl sites for hydroxylation is 1. The molecule has 0 saturated carbocycles. The summed E-state index contributed by atoms with van der Waals surface area (Å²) >= 11 is 0. The van der Waals surface area contributed by atoms with Crippen molar-refractivity contribution in [2.45, 2.75) is 97.1 Å². The number of fused-ring (bicyclic) bond motifs is 3. The van der Waals surface area contributed by atoms with Gasteiger partial charge in [-0.05, 0) is 136 Å². The number of hydrogen-bond donors (Lipinski definition) is 25. The number of rotatable bonds is 23. The van der Waals surface area contributed by atoms with Crippen molar-refractivity contribution in [3.05, 3.63) is 247 Å². The number of nitrogens with two attached hydrogens (primary N) is 7. The summed E-state index contributed by atoms with van der Waals surface area (Å²) in [6.45, 7) is 5.89. The van der Waals surface area contributed by atoms with Crippen molar-refractivity contribution in [1.82, 2.24) is 46.2 Å². The Morgan fingerprint density at radius 2 is 1.04 bits per heavy atom. The minimum absolute atomic E-state index is 0.0247. The number of carbonyl (C=O) groups excluding carboxylic acids is 2. The number of para-hydroxylation sites is 1. The molecule has 32 N–H and O–H groups in total. The maximum Gasteiger partial charge on any atom is 0.322 e. The molecule has 49 nitrogen and oxygen atoms in total. The zero-order valence-electron chi connectivity index (χ0n) is 73.6. The van der Waals surface area contributed by atoms with Crippen LogP contribution >= 0.6 is 0 Å². The number of pyridine rings is 3. The van der Waals surface area contributed by atoms with Crippen LogP contribution in [0, 0.1) is 27.2 Å². The quantitative estimate of drug-likeness (QED) is 0.00332. The second-order valence-corrected chi connectivity index (χ2v) is 27.3. The number of aliphatic imine (C=N–C) groups is 2. The smallest absolute Gasteiger partial charge is 0.322 e. The van der Waals surface area contributed by atoms with Gasteiger partial charge in [-0.2, -0.15) is 10.2 Å². The van der Waals surface area contributed by atoms with Gasteiger partial charge in [-0.15, -0.1) is 5.10 Å². The predicted octanol–water partition coefficient (Wildman–Crippen LogP) is 7.99. The number of benzene rings is 6. The number of ether oxygens (including phenoxy) is 2. The number of aliphatic carboxylic acids is 2. The number of carboxylic acids is 2. The number of aromatic amines is 2. The zero-order chi connectivity index (χ0) is 102. The molecule has 6 aromatic carbocycles. The van der Waals surface area contributed by atoms with Crippen LogP contribution in [-0.4, -0.2) is 198 Å². The predicted molar refractivity (Wildman–Crippen MR) is 498 cm³/mol. The number of guanidine groups is 3. The number of aromatic nitrogens is 7. The Kier molecular flexibility index (Phi) is 49.1. The lowest BCUT2D eigenvalue weighted by atomic mass is 10.1. The van der Waals surface area contributed by atoms with Gasteiger partial charge in [0.15, 0.2) is 38.9 Å². The molecule has 0 aliphatic heterocycles. The average molecular weight is 1890 g/mol. The molecule has 13 aromatic rings. The summed E-state index contributed by atoms with van der Waals surface area (Å²) in [7, 11) is 2.61. The molecule has 7 heterocycles. The van der Waals surface area contributed by atoms with E-state index < -0.39 is 79.7 Å². The number of nitrogens with one attached hydrogen (secondary N) is 4. The molecule has 0 amide bonds. The second kappa shape index (κ2) is 59.7. The van der Waals surface area contributed by atoms with E-state index in [1.54, 1.807) is 60.2 Å². The van der Waals surface area contributed by atoms with Crippen LogP contribution in [0.3, 0.4) is 0 Å². The highest BCUT2D eigenvalue weighted by Crippen LogP contribution is 2.39. The van der Waals surface area contributed by atoms with Crippen molar-refractivity contribution in [3.8, 4) is 109 Å². The number of carboxylic acid groups (broad SMARTS) is 2. The molecule has 0 fully saturated rings. The maximum atomic E-state index is 12.1. The summed E-state index contributed by atoms with van der Waals surface area (Å²) in [4.78, 5) is 106. The van der Waals surface area contributed by atoms with Gasteiger partial charge in [0.05, 0.1) is 31.8 Å². The summed E-state index contributed by atoms with van der Waals surface area (Å²) in [5.41, 5.74) is 36.0. The Morgan fingerprint density at radius 3 is 1.45 bits per heavy atom. The summed E-state index contributed by atoms with van der Waals surface area (Å²) in [6.07, 6.45) is 19.7. The van der Waals surface area contributed by atoms with Gasteiger partial charge < -0.3 is 130 Å². The van der Waals surface area contributed by atoms with Crippen molar-refractivity contribution in [2.75, 3.05) is 27.3 Å². The number of hydrazone groups is 1. The Hall–Kier alpha value is -18.3. The van der Waals surface area contributed by atoms with E-state index in [0.717, 1.165) is 66.0 Å². The monoisotopic (exact) mass is 1890 g/mol. The number of H-pyrrole nitrogens is 2. The summed E-state index contributed by atoms with van der Waals surface area (Å²) in [6, 6.07) is 36.7. The number of nitrogens with zero attached hydrogens (tertiary/aromatic N) is 10. The summed E-state index contributed by atoms with van der Waals surface area (Å²) < 4.78 is 20.0. The van der Waals surface area contributed by atoms with Crippen LogP contribution in [0.1, 0.15) is 94.0 Å². The molecule has 0 unspecified atom stereocenters. The minimum Gasteiger partial charge on any atom is -0.508 e. The lowest BCUT2D eigenvalue weighted by Crippen LogP contribution is -2.36. The summed E-state index contributed by atoms with van der Waals surface area (Å²) in [5, 5.41) is 165. The molecule has 726 valence electrons. The van der Waals surface area contributed by atoms with E-state index >= 15 is 0 Å². The van der Waals surface area contributed by atoms with Gasteiger partial charge in [-0.25, -0.2) is 30.2 Å². The molecule has 49 heteroatoms. The number of phenols is 10. The number of nitro groups is 2. The maximum absolute atomic E-state index is 12.1. The number of aromatic hydroxyl groups is 12. The first-order valence-electron chi connectivity index (χ1n) is 39.9. The molecule has 2 atom stereocenters. The molecular formula is C87H105N21O28. The number of methoxy groups -OCH3 is 2. The Bertz CT molecular complexity index is 6100. The molecule has 0 aliphatic rings. The van der Waals surface area contributed by atoms with Crippen molar-refractivity contribution < 1.29 is 119 Å². The highest BCUT2D eigenvalue weighted by molar-refractivity contribution is 6.00. The number of esters is 1. The van der Waals surface area contributed by atoms with E-state index in [2.05, 4.69) is 67.9 Å². The fourth-order valence-corrected chi connectivity index (χ4v) is 10.5. The number of carbonyl (C=O) groups is 4. The molecule has 136 heavy (non-hydrogen) atoms. The summed E-state index contributed by atoms with van der Waals surface area (Å²) in [5.74, 6) is -2.96. The van der Waals surface area contributed by atoms with Crippen molar-refractivity contribution in [3.63, 3.8) is 0 Å². The van der Waals surface area contributed by atoms with Gasteiger partial charge in [0, 0.05) is 110 Å². The normalized spacial score (nSPS) is 10.7. The van der Waals surface area contributed by atoms with E-state index in [0.29, 0.717) is 36.8 Å². The zero-order valence-corrected chi connectivity index (χ0v) is 73.6. The standard InChI is InChI=1S/C15H10O7.C15H10O6.C10H8N2.C9H7NO.C9H10O4.C8H16O2.C7H15N5O4.C6H13N5O4.C4H6N2.C3H4N2.CH6N4/c16-7-4-10(19)12-11(5-7)22-15(14(21)13(12)20)6-1-2-8(17)9(18)3-6;16-8-3-1-7(2-4-8)15-14(20)13(19)12-10(18)5-9(17)6-11(12)21-15;1-3-7-11-9(5-1)10-6-2-4-8-12-10;11-8-5-1-3-7-4-2-6-10-9(7)8;1-5(10)9-7(12)3-6(11)4-8(9)13-2;1-2-3-4-5-6-7-8(9)10;1-16-6(13)5(8)3-2-4-10-7(9)11-12(14)15;7-4(5(12)13)2-1-3-9-6(8)10-11(14)15;1-4-2-5-6-3-4;1-2-4-5-3-1;2-1(3)5-4/h1-5,16-19,21H;1-6,16-18,20H;1-8H;1-6,11H;3-4,11-12H,1-2H3;2-7H2,1H3,(H,9,10);5H,2-4,8H2,1H3,(H3,9,10,11);4H,1-3,7H2,(H,12,13)(H3,8,9,10);2-3H,1H3,(H,5,6);1-3H,(H,4,5);4H2,(H4,2,3,5)/t;;;;;;5-;4-;;;/m......00.../s1. The largest absolute Gasteiger partial charge is 0.508 e. The third-order valence-corrected chi connectivity index (χ3v) is 16.9. The van der Waals surface area contributed by atoms with E-state index in [1.807, 2.05) is 73.8 Å². The van der Waals surface area contributed by atoms with Crippen LogP contribution in [0.15, 0.2) is 229 Å². The third kappa shape index (κ3) is 41.0. The average Bonchev–Trinajstić information content (AvgIpc) is 0.773. The fraction of sp³-hybridized carbons (Fsp3) is 0.218. The first-order chi connectivity index (χ1) is 64.6. The third-order valence-electron chi connectivity index (χ3n) is 16.9. The van der Waals surface area contributed by atoms with E-state index in [-0.39, 0.29) is 134 Å². The molecule has 0 saturated heterocycles. The van der Waals surface area contributed by atoms with Crippen LogP contribution in [0.2, 0.25) is 0 Å². The Morgan fingerprint density at radius 1 is 0.537 bits per heavy atom. The molecule has 0 aliphatic carbocycles. The molecule has 13 rings (SSSR count). The number of hydrazine groups is 2. The van der Waals surface area contributed by atoms with Gasteiger partial charge in [-0.3, -0.25) is 53.9 Å². The van der Waals surface area contributed by atoms with Crippen LogP contribution in [0.4, 0.5) is 0 Å². The second-order valence-electron chi connectivity index (χ2n) is 27.3. The van der Waals surface area contributed by atoms with Crippen molar-refractivity contribution in [1.29, 1.82) is 0 Å². The van der Waals surface area contributed by atoms with Gasteiger partial charge in [-0.1, -0.05) is 73.8 Å². The van der Waals surface area contributed by atoms with Crippen LogP contribution in [-0.2, 0) is 19.1 Å². The van der Waals surface area contributed by atoms with Crippen LogP contribution in [0.25, 0.3) is 66.9 Å². The first-order valence-corrected chi connectivity index (χ1v) is 39.9. The Balaban J connectivity index is 0.000000395. The number of hydrogen-bond acceptors (Lipinski definition) is 37. The highest BCUT2D eigenvalue weighted by atomic mass is 16.7. The van der Waals surface area contributed by atoms with Gasteiger partial charge >= 0.3 is 17.9 Å². The van der Waals surface area contributed by atoms with Crippen molar-refractivity contribution in [2.24, 2.45) is 55.3 Å². The lowest BCUT2D eigenvalue weighted by Gasteiger charge is -2.08. The highest BCUT2D eigenvalue weighted by Gasteiger charge is 2.22. The van der Waals surface area contributed by atoms with E-state index in [1.165, 1.54) is 88.4 Å². The topological polar surface area (TPSA) is 856 Å². The van der Waals surface area contributed by atoms with E-state index in [9.17, 15) is 105 Å². The molecule has 0 bridgehead atoms. The number of unbranched alkanes of at least 4 members (excludes halogenated alkanes) is 4. The van der Waals surface area contributed by atoms with Crippen LogP contribution < -0.4 is 66.7 Å². The van der Waals surface area contributed by atoms with E-state index in [4.69, 9.17) is 63.3 Å². The Labute approximate surface area is 771 Å². The molecule has 7 aromatic heterocycles. The molecule has 0 radical (unpaired) electrons. The van der Waals surface area contributed by atoms with Crippen LogP contribution in [0.5, 0.6) is 74.7 Å². The number of ketones is 1. The lowest BCUT2D eigenvalue weighted by molar-refractivity contribution is -0.525. The van der Waals surface area contributed by atoms with Gasteiger partial charge in [0.2, 0.25) is 28.3 Å². The first kappa shape index (κ1) is 112. The van der Waals surface area contributed by atoms with Crippen molar-refractivity contribution >= 4 is 74.4 Å². The SMILES string of the molecule is CCCCCCCC(=O)O.COC(=O)[C@@H](N)CCCN=C(N)N[N+](=O)[O-].COc1cc(O)cc(O)c1C(C)=O.Cc1cn[nH]c1.NC(=NCCC[C@H](N)C(=O)O)N[N+](=O)[O-].NN=C(N)N.O=c1c(O)c(-c2ccc(O)c(O)c2)oc2cc(O)cc(O)c12.O=c1c(O)c(-c2ccc(O)cc2)oc2cc(O)cc(O)c12.Oc1cccc2cccnc12.c1ccc(-c2ccccn2)nc1.c1cn[nH]c1. The minimum atomic E-state index is -1.09. The number of phenolic OH excluding ortho intramolecular Hbond substituents is 10. The van der Waals surface area contributed by atoms with Gasteiger partial charge in [0.1, 0.15) is 96.8 Å².